The molecule has 0 amide bonds. The second-order valence-electron chi connectivity index (χ2n) is 8.27. The molecule has 1 saturated carbocycles. The molecule has 4 unspecified atom stereocenters. The van der Waals surface area contributed by atoms with Crippen molar-refractivity contribution in [3.8, 4) is 5.69 Å². The number of anilines is 1. The maximum atomic E-state index is 12.0. The van der Waals surface area contributed by atoms with Crippen LogP contribution in [0.5, 0.6) is 0 Å². The van der Waals surface area contributed by atoms with Gasteiger partial charge in [0.25, 0.3) is 0 Å². The van der Waals surface area contributed by atoms with Crippen molar-refractivity contribution in [2.75, 3.05) is 18.8 Å². The Kier molecular flexibility index (Phi) is 5.02. The Balaban J connectivity index is 1.40. The van der Waals surface area contributed by atoms with E-state index in [0.29, 0.717) is 12.1 Å². The summed E-state index contributed by atoms with van der Waals surface area (Å²) in [5, 5.41) is 0. The lowest BCUT2D eigenvalue weighted by molar-refractivity contribution is 0.244. The molecule has 27 heavy (non-hydrogen) atoms. The van der Waals surface area contributed by atoms with Crippen molar-refractivity contribution in [3.63, 3.8) is 0 Å². The summed E-state index contributed by atoms with van der Waals surface area (Å²) in [5.74, 6) is 1.86. The minimum absolute atomic E-state index is 0.244. The van der Waals surface area contributed by atoms with Gasteiger partial charge in [0.2, 0.25) is 0 Å². The van der Waals surface area contributed by atoms with Gasteiger partial charge in [-0.05, 0) is 68.2 Å². The fraction of sp³-hybridized carbons (Fsp3) is 0.524. The van der Waals surface area contributed by atoms with E-state index in [1.807, 2.05) is 12.1 Å². The van der Waals surface area contributed by atoms with Crippen LogP contribution in [0.1, 0.15) is 31.7 Å². The van der Waals surface area contributed by atoms with Crippen LogP contribution in [0.25, 0.3) is 5.69 Å². The monoisotopic (exact) mass is 367 g/mol. The van der Waals surface area contributed by atoms with Crippen molar-refractivity contribution in [1.29, 1.82) is 0 Å². The fourth-order valence-corrected chi connectivity index (χ4v) is 4.74. The van der Waals surface area contributed by atoms with Crippen LogP contribution < -0.4 is 17.2 Å². The van der Waals surface area contributed by atoms with Gasteiger partial charge in [0.05, 0.1) is 5.69 Å². The van der Waals surface area contributed by atoms with Gasteiger partial charge in [-0.2, -0.15) is 4.98 Å². The van der Waals surface area contributed by atoms with Gasteiger partial charge in [0.1, 0.15) is 5.82 Å². The van der Waals surface area contributed by atoms with Crippen molar-refractivity contribution in [2.24, 2.45) is 17.6 Å². The molecule has 2 fully saturated rings. The number of nitrogens with zero attached hydrogens (tertiary/aromatic N) is 3. The molecular formula is C21H29N5O. The number of aromatic nitrogens is 2. The average molecular weight is 367 g/mol. The lowest BCUT2D eigenvalue weighted by Gasteiger charge is -2.28. The van der Waals surface area contributed by atoms with E-state index in [4.69, 9.17) is 11.5 Å². The molecule has 2 aliphatic rings. The Hall–Kier alpha value is -2.18. The van der Waals surface area contributed by atoms with Crippen molar-refractivity contribution >= 4 is 5.82 Å². The van der Waals surface area contributed by atoms with Crippen molar-refractivity contribution in [3.05, 3.63) is 52.6 Å². The van der Waals surface area contributed by atoms with E-state index >= 15 is 0 Å². The van der Waals surface area contributed by atoms with Gasteiger partial charge in [-0.15, -0.1) is 0 Å². The quantitative estimate of drug-likeness (QED) is 0.860. The lowest BCUT2D eigenvalue weighted by Crippen LogP contribution is -2.33. The highest BCUT2D eigenvalue weighted by atomic mass is 16.1. The van der Waals surface area contributed by atoms with Crippen molar-refractivity contribution in [2.45, 2.75) is 44.7 Å². The molecule has 0 bridgehead atoms. The van der Waals surface area contributed by atoms with Crippen LogP contribution in [0.2, 0.25) is 0 Å². The van der Waals surface area contributed by atoms with E-state index in [-0.39, 0.29) is 11.5 Å². The first-order valence-corrected chi connectivity index (χ1v) is 9.93. The second-order valence-corrected chi connectivity index (χ2v) is 8.27. The molecular weight excluding hydrogens is 338 g/mol. The highest BCUT2D eigenvalue weighted by Crippen LogP contribution is 2.36. The third kappa shape index (κ3) is 3.92. The Morgan fingerprint density at radius 2 is 1.89 bits per heavy atom. The van der Waals surface area contributed by atoms with Gasteiger partial charge in [-0.1, -0.05) is 12.1 Å². The van der Waals surface area contributed by atoms with Crippen LogP contribution in [-0.2, 0) is 6.42 Å². The summed E-state index contributed by atoms with van der Waals surface area (Å²) >= 11 is 0. The summed E-state index contributed by atoms with van der Waals surface area (Å²) in [6.07, 6.45) is 6.34. The summed E-state index contributed by atoms with van der Waals surface area (Å²) in [6.45, 7) is 4.72. The molecule has 1 saturated heterocycles. The molecule has 1 aliphatic carbocycles. The Morgan fingerprint density at radius 3 is 2.63 bits per heavy atom. The fourth-order valence-electron chi connectivity index (χ4n) is 4.74. The largest absolute Gasteiger partial charge is 0.383 e. The van der Waals surface area contributed by atoms with E-state index in [2.05, 4.69) is 28.9 Å². The maximum absolute atomic E-state index is 12.0. The van der Waals surface area contributed by atoms with Crippen molar-refractivity contribution in [1.82, 2.24) is 14.5 Å². The zero-order valence-corrected chi connectivity index (χ0v) is 15.9. The Labute approximate surface area is 160 Å². The number of fused-ring (bicyclic) bond motifs is 1. The van der Waals surface area contributed by atoms with Gasteiger partial charge in [-0.3, -0.25) is 9.47 Å². The minimum atomic E-state index is -0.353. The first kappa shape index (κ1) is 18.2. The number of nitrogens with two attached hydrogens (primary N) is 2. The predicted octanol–water partition coefficient (Wildman–Crippen LogP) is 1.80. The average Bonchev–Trinajstić information content (AvgIpc) is 3.06. The summed E-state index contributed by atoms with van der Waals surface area (Å²) in [7, 11) is 0. The summed E-state index contributed by atoms with van der Waals surface area (Å²) in [5.41, 5.74) is 13.5. The number of nitrogen functional groups attached to an aromatic ring is 1. The zero-order valence-electron chi connectivity index (χ0n) is 15.9. The highest BCUT2D eigenvalue weighted by molar-refractivity contribution is 5.36. The zero-order chi connectivity index (χ0) is 19.0. The van der Waals surface area contributed by atoms with Crippen LogP contribution in [0, 0.1) is 11.8 Å². The van der Waals surface area contributed by atoms with Crippen LogP contribution >= 0.6 is 0 Å². The number of likely N-dealkylation sites (tertiary alicyclic amines) is 1. The van der Waals surface area contributed by atoms with Crippen LogP contribution in [0.4, 0.5) is 5.82 Å². The minimum Gasteiger partial charge on any atom is -0.383 e. The molecule has 0 radical (unpaired) electrons. The van der Waals surface area contributed by atoms with E-state index < -0.39 is 0 Å². The highest BCUT2D eigenvalue weighted by Gasteiger charge is 2.38. The molecule has 2 heterocycles. The number of benzene rings is 1. The van der Waals surface area contributed by atoms with E-state index in [1.54, 1.807) is 12.3 Å². The normalized spacial score (nSPS) is 26.7. The molecule has 1 aromatic carbocycles. The number of rotatable bonds is 4. The molecule has 2 aromatic rings. The van der Waals surface area contributed by atoms with Gasteiger partial charge in [0.15, 0.2) is 0 Å². The standard InChI is InChI=1S/C21H29N5O/c1-14(25-12-16-4-5-18(22)11-17(16)13-25)10-15-2-6-19(7-3-15)26-9-8-20(23)24-21(26)27/h2-3,6-9,14,16-18H,4-5,10-13,22H2,1H3,(H2,23,24,27). The SMILES string of the molecule is CC(Cc1ccc(-n2ccc(N)nc2=O)cc1)N1CC2CCC(N)CC2C1. The number of hydrogen-bond donors (Lipinski definition) is 2. The molecule has 144 valence electrons. The van der Waals surface area contributed by atoms with Gasteiger partial charge >= 0.3 is 5.69 Å². The topological polar surface area (TPSA) is 90.2 Å². The molecule has 6 heteroatoms. The second kappa shape index (κ2) is 7.44. The van der Waals surface area contributed by atoms with Gasteiger partial charge in [0, 0.05) is 31.4 Å². The van der Waals surface area contributed by atoms with Crippen LogP contribution in [0.3, 0.4) is 0 Å². The van der Waals surface area contributed by atoms with Crippen LogP contribution in [-0.4, -0.2) is 39.6 Å². The molecule has 0 spiro atoms. The van der Waals surface area contributed by atoms with Gasteiger partial charge < -0.3 is 11.5 Å². The molecule has 4 N–H and O–H groups in total. The van der Waals surface area contributed by atoms with Crippen molar-refractivity contribution < 1.29 is 0 Å². The summed E-state index contributed by atoms with van der Waals surface area (Å²) < 4.78 is 1.51. The van der Waals surface area contributed by atoms with Gasteiger partial charge in [-0.25, -0.2) is 4.79 Å². The Morgan fingerprint density at radius 1 is 1.15 bits per heavy atom. The molecule has 4 atom stereocenters. The smallest absolute Gasteiger partial charge is 0.354 e. The first-order chi connectivity index (χ1) is 13.0. The van der Waals surface area contributed by atoms with E-state index in [0.717, 1.165) is 23.9 Å². The molecule has 1 aromatic heterocycles. The lowest BCUT2D eigenvalue weighted by atomic mass is 9.79. The van der Waals surface area contributed by atoms with E-state index in [9.17, 15) is 4.79 Å². The first-order valence-electron chi connectivity index (χ1n) is 9.93. The molecule has 6 nitrogen and oxygen atoms in total. The Bertz CT molecular complexity index is 846. The maximum Gasteiger partial charge on any atom is 0.354 e. The predicted molar refractivity (Wildman–Crippen MR) is 108 cm³/mol. The third-order valence-electron chi connectivity index (χ3n) is 6.31. The molecule has 1 aliphatic heterocycles. The van der Waals surface area contributed by atoms with E-state index in [1.165, 1.54) is 42.5 Å². The number of hydrogen-bond acceptors (Lipinski definition) is 5. The molecule has 4 rings (SSSR count). The summed E-state index contributed by atoms with van der Waals surface area (Å²) in [4.78, 5) is 18.4. The van der Waals surface area contributed by atoms with Crippen LogP contribution in [0.15, 0.2) is 41.3 Å². The third-order valence-corrected chi connectivity index (χ3v) is 6.31. The summed E-state index contributed by atoms with van der Waals surface area (Å²) in [6, 6.07) is 10.7.